The maximum atomic E-state index is 13.4. The van der Waals surface area contributed by atoms with Gasteiger partial charge in [0.2, 0.25) is 0 Å². The van der Waals surface area contributed by atoms with Gasteiger partial charge in [0, 0.05) is 22.4 Å². The van der Waals surface area contributed by atoms with Gasteiger partial charge in [-0.15, -0.1) is 11.3 Å². The van der Waals surface area contributed by atoms with Crippen LogP contribution < -0.4 is 5.32 Å². The van der Waals surface area contributed by atoms with E-state index in [0.717, 1.165) is 29.4 Å². The van der Waals surface area contributed by atoms with Gasteiger partial charge in [-0.2, -0.15) is 0 Å². The zero-order valence-corrected chi connectivity index (χ0v) is 15.2. The van der Waals surface area contributed by atoms with Crippen LogP contribution in [0.2, 0.25) is 0 Å². The Morgan fingerprint density at radius 2 is 2.05 bits per heavy atom. The standard InChI is InChI=1S/C16H20BrFN2S/c1-5-19-9-13-14(16(2,3)4)20-15(21-13)10-6-7-12(18)11(17)8-10/h6-8,19H,5,9H2,1-4H3. The number of benzene rings is 1. The van der Waals surface area contributed by atoms with Crippen LogP contribution in [-0.2, 0) is 12.0 Å². The van der Waals surface area contributed by atoms with Crippen LogP contribution in [0.25, 0.3) is 10.6 Å². The quantitative estimate of drug-likeness (QED) is 0.807. The van der Waals surface area contributed by atoms with E-state index in [4.69, 9.17) is 4.98 Å². The summed E-state index contributed by atoms with van der Waals surface area (Å²) in [6.45, 7) is 10.4. The van der Waals surface area contributed by atoms with E-state index in [2.05, 4.69) is 48.9 Å². The van der Waals surface area contributed by atoms with Gasteiger partial charge in [-0.1, -0.05) is 27.7 Å². The van der Waals surface area contributed by atoms with Gasteiger partial charge in [-0.25, -0.2) is 9.37 Å². The molecule has 21 heavy (non-hydrogen) atoms. The monoisotopic (exact) mass is 370 g/mol. The van der Waals surface area contributed by atoms with Crippen LogP contribution in [-0.4, -0.2) is 11.5 Å². The third-order valence-corrected chi connectivity index (χ3v) is 4.82. The average Bonchev–Trinajstić information content (AvgIpc) is 2.83. The zero-order valence-electron chi connectivity index (χ0n) is 12.8. The highest BCUT2D eigenvalue weighted by molar-refractivity contribution is 9.10. The lowest BCUT2D eigenvalue weighted by atomic mass is 9.91. The zero-order chi connectivity index (χ0) is 15.6. The molecule has 0 atom stereocenters. The molecule has 1 aromatic carbocycles. The molecule has 1 heterocycles. The molecular weight excluding hydrogens is 351 g/mol. The Hall–Kier alpha value is -0.780. The topological polar surface area (TPSA) is 24.9 Å². The summed E-state index contributed by atoms with van der Waals surface area (Å²) in [5.74, 6) is -0.251. The molecule has 0 saturated carbocycles. The summed E-state index contributed by atoms with van der Waals surface area (Å²) < 4.78 is 13.9. The molecule has 0 radical (unpaired) electrons. The van der Waals surface area contributed by atoms with Gasteiger partial charge in [-0.3, -0.25) is 0 Å². The van der Waals surface area contributed by atoms with Crippen molar-refractivity contribution in [2.24, 2.45) is 0 Å². The molecule has 0 saturated heterocycles. The molecule has 2 aromatic rings. The minimum Gasteiger partial charge on any atom is -0.312 e. The van der Waals surface area contributed by atoms with Crippen molar-refractivity contribution >= 4 is 27.3 Å². The van der Waals surface area contributed by atoms with Crippen molar-refractivity contribution in [3.8, 4) is 10.6 Å². The van der Waals surface area contributed by atoms with Gasteiger partial charge in [-0.05, 0) is 40.7 Å². The maximum absolute atomic E-state index is 13.4. The van der Waals surface area contributed by atoms with Crippen molar-refractivity contribution in [3.05, 3.63) is 39.1 Å². The molecule has 0 amide bonds. The lowest BCUT2D eigenvalue weighted by molar-refractivity contribution is 0.561. The lowest BCUT2D eigenvalue weighted by Gasteiger charge is -2.17. The Morgan fingerprint density at radius 1 is 1.33 bits per heavy atom. The van der Waals surface area contributed by atoms with Gasteiger partial charge in [0.1, 0.15) is 10.8 Å². The number of halogens is 2. The summed E-state index contributed by atoms with van der Waals surface area (Å²) in [6.07, 6.45) is 0. The first-order valence-electron chi connectivity index (χ1n) is 6.99. The highest BCUT2D eigenvalue weighted by Gasteiger charge is 2.23. The number of nitrogens with zero attached hydrogens (tertiary/aromatic N) is 1. The second-order valence-electron chi connectivity index (χ2n) is 5.95. The van der Waals surface area contributed by atoms with Crippen LogP contribution in [0.1, 0.15) is 38.3 Å². The van der Waals surface area contributed by atoms with Gasteiger partial charge < -0.3 is 5.32 Å². The predicted molar refractivity (Wildman–Crippen MR) is 91.3 cm³/mol. The van der Waals surface area contributed by atoms with E-state index >= 15 is 0 Å². The second-order valence-corrected chi connectivity index (χ2v) is 7.89. The van der Waals surface area contributed by atoms with E-state index in [1.165, 1.54) is 10.9 Å². The van der Waals surface area contributed by atoms with Crippen molar-refractivity contribution < 1.29 is 4.39 Å². The number of thiazole rings is 1. The Bertz CT molecular complexity index is 632. The molecule has 0 aliphatic carbocycles. The van der Waals surface area contributed by atoms with Crippen LogP contribution in [0.5, 0.6) is 0 Å². The van der Waals surface area contributed by atoms with Crippen molar-refractivity contribution in [2.45, 2.75) is 39.7 Å². The molecule has 0 spiro atoms. The van der Waals surface area contributed by atoms with Gasteiger partial charge in [0.25, 0.3) is 0 Å². The van der Waals surface area contributed by atoms with E-state index in [-0.39, 0.29) is 11.2 Å². The Balaban J connectivity index is 2.45. The van der Waals surface area contributed by atoms with Crippen LogP contribution in [0.4, 0.5) is 4.39 Å². The molecule has 0 fully saturated rings. The molecule has 1 N–H and O–H groups in total. The number of rotatable bonds is 4. The third-order valence-electron chi connectivity index (χ3n) is 3.11. The summed E-state index contributed by atoms with van der Waals surface area (Å²) >= 11 is 4.92. The smallest absolute Gasteiger partial charge is 0.137 e. The molecule has 5 heteroatoms. The number of nitrogens with one attached hydrogen (secondary N) is 1. The summed E-state index contributed by atoms with van der Waals surface area (Å²) in [7, 11) is 0. The molecule has 0 aliphatic heterocycles. The summed E-state index contributed by atoms with van der Waals surface area (Å²) in [6, 6.07) is 5.04. The summed E-state index contributed by atoms with van der Waals surface area (Å²) in [5, 5.41) is 4.30. The van der Waals surface area contributed by atoms with Crippen LogP contribution in [0.3, 0.4) is 0 Å². The predicted octanol–water partition coefficient (Wildman–Crippen LogP) is 5.12. The minimum absolute atomic E-state index is 0.00321. The number of hydrogen-bond acceptors (Lipinski definition) is 3. The fourth-order valence-corrected chi connectivity index (χ4v) is 3.67. The molecule has 2 rings (SSSR count). The Kier molecular flexibility index (Phi) is 5.17. The lowest BCUT2D eigenvalue weighted by Crippen LogP contribution is -2.18. The highest BCUT2D eigenvalue weighted by Crippen LogP contribution is 2.35. The molecule has 0 bridgehead atoms. The van der Waals surface area contributed by atoms with E-state index < -0.39 is 0 Å². The van der Waals surface area contributed by atoms with E-state index in [1.54, 1.807) is 23.5 Å². The maximum Gasteiger partial charge on any atom is 0.137 e. The normalized spacial score (nSPS) is 11.9. The largest absolute Gasteiger partial charge is 0.312 e. The summed E-state index contributed by atoms with van der Waals surface area (Å²) in [4.78, 5) is 6.06. The van der Waals surface area contributed by atoms with Crippen LogP contribution in [0.15, 0.2) is 22.7 Å². The van der Waals surface area contributed by atoms with E-state index in [9.17, 15) is 4.39 Å². The van der Waals surface area contributed by atoms with Gasteiger partial charge in [0.05, 0.1) is 10.2 Å². The summed E-state index contributed by atoms with van der Waals surface area (Å²) in [5.41, 5.74) is 2.06. The third kappa shape index (κ3) is 3.90. The molecule has 1 aromatic heterocycles. The molecule has 0 unspecified atom stereocenters. The molecule has 114 valence electrons. The first kappa shape index (κ1) is 16.6. The van der Waals surface area contributed by atoms with Crippen LogP contribution in [0, 0.1) is 5.82 Å². The van der Waals surface area contributed by atoms with E-state index in [0.29, 0.717) is 4.47 Å². The molecule has 0 aliphatic rings. The fraction of sp³-hybridized carbons (Fsp3) is 0.438. The van der Waals surface area contributed by atoms with Crippen LogP contribution >= 0.6 is 27.3 Å². The fourth-order valence-electron chi connectivity index (χ4n) is 2.05. The Labute approximate surface area is 137 Å². The highest BCUT2D eigenvalue weighted by atomic mass is 79.9. The van der Waals surface area contributed by atoms with Crippen molar-refractivity contribution in [2.75, 3.05) is 6.54 Å². The van der Waals surface area contributed by atoms with E-state index in [1.807, 2.05) is 0 Å². The Morgan fingerprint density at radius 3 is 2.62 bits per heavy atom. The number of aromatic nitrogens is 1. The van der Waals surface area contributed by atoms with Gasteiger partial charge in [0.15, 0.2) is 0 Å². The van der Waals surface area contributed by atoms with Crippen molar-refractivity contribution in [1.29, 1.82) is 0 Å². The number of hydrogen-bond donors (Lipinski definition) is 1. The first-order chi connectivity index (χ1) is 9.82. The SMILES string of the molecule is CCNCc1sc(-c2ccc(F)c(Br)c2)nc1C(C)(C)C. The minimum atomic E-state index is -0.251. The van der Waals surface area contributed by atoms with Crippen molar-refractivity contribution in [3.63, 3.8) is 0 Å². The molecule has 2 nitrogen and oxygen atoms in total. The first-order valence-corrected chi connectivity index (χ1v) is 8.60. The average molecular weight is 371 g/mol. The molecular formula is C16H20BrFN2S. The van der Waals surface area contributed by atoms with Crippen molar-refractivity contribution in [1.82, 2.24) is 10.3 Å². The van der Waals surface area contributed by atoms with Gasteiger partial charge >= 0.3 is 0 Å². The second kappa shape index (κ2) is 6.55.